The van der Waals surface area contributed by atoms with Crippen molar-refractivity contribution in [2.45, 2.75) is 24.4 Å². The molecule has 0 radical (unpaired) electrons. The molecule has 0 aliphatic heterocycles. The number of fused-ring (bicyclic) bond motifs is 1. The molecule has 2 nitrogen and oxygen atoms in total. The third-order valence-electron chi connectivity index (χ3n) is 4.21. The Labute approximate surface area is 137 Å². The third-order valence-corrected chi connectivity index (χ3v) is 5.44. The van der Waals surface area contributed by atoms with E-state index < -0.39 is 11.5 Å². The van der Waals surface area contributed by atoms with Crippen LogP contribution in [0.5, 0.6) is 0 Å². The van der Waals surface area contributed by atoms with E-state index >= 15 is 0 Å². The van der Waals surface area contributed by atoms with Crippen LogP contribution in [-0.4, -0.2) is 5.11 Å². The number of aliphatic hydroxyl groups is 1. The molecule has 0 aromatic heterocycles. The van der Waals surface area contributed by atoms with Gasteiger partial charge in [-0.2, -0.15) is 5.26 Å². The standard InChI is InChI=1S/C17H13BrClNO/c18-14-6-5-12(9-15(14)19)16(21)17(10-20)8-7-11-3-1-2-4-13(11)17/h1-6,9,16,21H,7-8H2. The van der Waals surface area contributed by atoms with Gasteiger partial charge in [0, 0.05) is 4.47 Å². The number of halogens is 2. The largest absolute Gasteiger partial charge is 0.386 e. The molecule has 0 spiro atoms. The van der Waals surface area contributed by atoms with E-state index in [1.54, 1.807) is 18.2 Å². The molecule has 0 saturated carbocycles. The normalized spacial score (nSPS) is 21.6. The first-order valence-electron chi connectivity index (χ1n) is 6.71. The molecular formula is C17H13BrClNO. The molecule has 2 aromatic carbocycles. The van der Waals surface area contributed by atoms with Gasteiger partial charge in [-0.15, -0.1) is 0 Å². The molecule has 1 aliphatic rings. The SMILES string of the molecule is N#CC1(C(O)c2ccc(Br)c(Cl)c2)CCc2ccccc21. The summed E-state index contributed by atoms with van der Waals surface area (Å²) in [7, 11) is 0. The van der Waals surface area contributed by atoms with Crippen molar-refractivity contribution in [3.05, 3.63) is 68.7 Å². The average molecular weight is 363 g/mol. The van der Waals surface area contributed by atoms with Gasteiger partial charge in [-0.1, -0.05) is 41.9 Å². The fourth-order valence-corrected chi connectivity index (χ4v) is 3.50. The van der Waals surface area contributed by atoms with Crippen molar-refractivity contribution in [3.63, 3.8) is 0 Å². The van der Waals surface area contributed by atoms with Crippen LogP contribution < -0.4 is 0 Å². The van der Waals surface area contributed by atoms with Gasteiger partial charge in [0.25, 0.3) is 0 Å². The summed E-state index contributed by atoms with van der Waals surface area (Å²) in [4.78, 5) is 0. The van der Waals surface area contributed by atoms with E-state index in [0.717, 1.165) is 22.0 Å². The maximum absolute atomic E-state index is 10.8. The van der Waals surface area contributed by atoms with Crippen molar-refractivity contribution >= 4 is 27.5 Å². The highest BCUT2D eigenvalue weighted by molar-refractivity contribution is 9.10. The first-order valence-corrected chi connectivity index (χ1v) is 7.88. The maximum Gasteiger partial charge on any atom is 0.113 e. The van der Waals surface area contributed by atoms with Crippen molar-refractivity contribution in [2.75, 3.05) is 0 Å². The van der Waals surface area contributed by atoms with Crippen molar-refractivity contribution in [1.29, 1.82) is 5.26 Å². The molecule has 2 aromatic rings. The summed E-state index contributed by atoms with van der Waals surface area (Å²) in [6.45, 7) is 0. The summed E-state index contributed by atoms with van der Waals surface area (Å²) >= 11 is 9.45. The fourth-order valence-electron chi connectivity index (χ4n) is 3.07. The molecular weight excluding hydrogens is 350 g/mol. The lowest BCUT2D eigenvalue weighted by atomic mass is 9.75. The van der Waals surface area contributed by atoms with Gasteiger partial charge in [0.2, 0.25) is 0 Å². The second-order valence-corrected chi connectivity index (χ2v) is 6.58. The Bertz CT molecular complexity index is 740. The molecule has 0 bridgehead atoms. The quantitative estimate of drug-likeness (QED) is 0.852. The lowest BCUT2D eigenvalue weighted by molar-refractivity contribution is 0.111. The van der Waals surface area contributed by atoms with Gasteiger partial charge in [0.1, 0.15) is 11.5 Å². The third kappa shape index (κ3) is 2.28. The summed E-state index contributed by atoms with van der Waals surface area (Å²) in [6.07, 6.45) is 0.541. The van der Waals surface area contributed by atoms with Crippen molar-refractivity contribution in [3.8, 4) is 6.07 Å². The predicted octanol–water partition coefficient (Wildman–Crippen LogP) is 4.54. The van der Waals surface area contributed by atoms with E-state index in [0.29, 0.717) is 17.0 Å². The first-order chi connectivity index (χ1) is 10.1. The van der Waals surface area contributed by atoms with Gasteiger partial charge < -0.3 is 5.11 Å². The van der Waals surface area contributed by atoms with Crippen LogP contribution in [0.25, 0.3) is 0 Å². The number of benzene rings is 2. The number of aryl methyl sites for hydroxylation is 1. The molecule has 106 valence electrons. The Morgan fingerprint density at radius 1 is 1.29 bits per heavy atom. The van der Waals surface area contributed by atoms with Crippen molar-refractivity contribution in [1.82, 2.24) is 0 Å². The molecule has 1 N–H and O–H groups in total. The minimum atomic E-state index is -0.895. The summed E-state index contributed by atoms with van der Waals surface area (Å²) in [5, 5.41) is 21.1. The number of hydrogen-bond donors (Lipinski definition) is 1. The molecule has 21 heavy (non-hydrogen) atoms. The number of nitrogens with zero attached hydrogens (tertiary/aromatic N) is 1. The number of rotatable bonds is 2. The van der Waals surface area contributed by atoms with E-state index in [9.17, 15) is 10.4 Å². The fraction of sp³-hybridized carbons (Fsp3) is 0.235. The highest BCUT2D eigenvalue weighted by Gasteiger charge is 2.45. The maximum atomic E-state index is 10.8. The van der Waals surface area contributed by atoms with Crippen LogP contribution in [-0.2, 0) is 11.8 Å². The zero-order chi connectivity index (χ0) is 15.0. The number of aliphatic hydroxyl groups excluding tert-OH is 1. The molecule has 2 atom stereocenters. The zero-order valence-electron chi connectivity index (χ0n) is 11.2. The Hall–Kier alpha value is -1.34. The highest BCUT2D eigenvalue weighted by atomic mass is 79.9. The predicted molar refractivity (Wildman–Crippen MR) is 86.2 cm³/mol. The van der Waals surface area contributed by atoms with E-state index in [2.05, 4.69) is 22.0 Å². The average Bonchev–Trinajstić information content (AvgIpc) is 2.89. The topological polar surface area (TPSA) is 44.0 Å². The van der Waals surface area contributed by atoms with E-state index in [1.165, 1.54) is 0 Å². The van der Waals surface area contributed by atoms with Crippen molar-refractivity contribution < 1.29 is 5.11 Å². The van der Waals surface area contributed by atoms with Gasteiger partial charge >= 0.3 is 0 Å². The van der Waals surface area contributed by atoms with Gasteiger partial charge in [0.15, 0.2) is 0 Å². The van der Waals surface area contributed by atoms with Gasteiger partial charge in [-0.3, -0.25) is 0 Å². The molecule has 0 amide bonds. The first kappa shape index (κ1) is 14.6. The van der Waals surface area contributed by atoms with E-state index in [4.69, 9.17) is 11.6 Å². The number of nitriles is 1. The summed E-state index contributed by atoms with van der Waals surface area (Å²) < 4.78 is 0.776. The zero-order valence-corrected chi connectivity index (χ0v) is 13.5. The Morgan fingerprint density at radius 3 is 2.76 bits per heavy atom. The second kappa shape index (κ2) is 5.46. The van der Waals surface area contributed by atoms with Gasteiger partial charge in [-0.25, -0.2) is 0 Å². The van der Waals surface area contributed by atoms with Crippen LogP contribution >= 0.6 is 27.5 Å². The lowest BCUT2D eigenvalue weighted by Gasteiger charge is -2.29. The summed E-state index contributed by atoms with van der Waals surface area (Å²) in [5.74, 6) is 0. The number of hydrogen-bond acceptors (Lipinski definition) is 2. The van der Waals surface area contributed by atoms with Crippen LogP contribution in [0.4, 0.5) is 0 Å². The van der Waals surface area contributed by atoms with Crippen LogP contribution in [0.15, 0.2) is 46.9 Å². The lowest BCUT2D eigenvalue weighted by Crippen LogP contribution is -2.29. The summed E-state index contributed by atoms with van der Waals surface area (Å²) in [6, 6.07) is 15.5. The second-order valence-electron chi connectivity index (χ2n) is 5.32. The Balaban J connectivity index is 2.09. The van der Waals surface area contributed by atoms with Crippen molar-refractivity contribution in [2.24, 2.45) is 0 Å². The molecule has 3 rings (SSSR count). The molecule has 0 saturated heterocycles. The van der Waals surface area contributed by atoms with Crippen LogP contribution in [0, 0.1) is 11.3 Å². The Morgan fingerprint density at radius 2 is 2.05 bits per heavy atom. The van der Waals surface area contributed by atoms with Crippen LogP contribution in [0.2, 0.25) is 5.02 Å². The van der Waals surface area contributed by atoms with E-state index in [1.807, 2.05) is 24.3 Å². The monoisotopic (exact) mass is 361 g/mol. The van der Waals surface area contributed by atoms with E-state index in [-0.39, 0.29) is 0 Å². The summed E-state index contributed by atoms with van der Waals surface area (Å²) in [5.41, 5.74) is 1.84. The molecule has 4 heteroatoms. The molecule has 0 fully saturated rings. The minimum Gasteiger partial charge on any atom is -0.386 e. The minimum absolute atomic E-state index is 0.533. The molecule has 2 unspecified atom stereocenters. The van der Waals surface area contributed by atoms with Gasteiger partial charge in [-0.05, 0) is 57.6 Å². The Kier molecular flexibility index (Phi) is 3.79. The smallest absolute Gasteiger partial charge is 0.113 e. The van der Waals surface area contributed by atoms with Crippen LogP contribution in [0.1, 0.15) is 29.2 Å². The highest BCUT2D eigenvalue weighted by Crippen LogP contribution is 2.47. The van der Waals surface area contributed by atoms with Crippen LogP contribution in [0.3, 0.4) is 0 Å². The molecule has 1 aliphatic carbocycles. The molecule has 0 heterocycles. The van der Waals surface area contributed by atoms with Gasteiger partial charge in [0.05, 0.1) is 11.1 Å².